The fraction of sp³-hybridized carbons (Fsp3) is 0.300. The van der Waals surface area contributed by atoms with E-state index in [0.717, 1.165) is 13.0 Å². The Hall–Kier alpha value is -1.71. The molecule has 0 unspecified atom stereocenters. The molecule has 122 valence electrons. The van der Waals surface area contributed by atoms with Crippen molar-refractivity contribution in [1.82, 2.24) is 9.88 Å². The number of hydrogen-bond acceptors (Lipinski definition) is 2. The lowest BCUT2D eigenvalue weighted by Gasteiger charge is -2.08. The summed E-state index contributed by atoms with van der Waals surface area (Å²) >= 11 is 1.87. The zero-order chi connectivity index (χ0) is 16.7. The lowest BCUT2D eigenvalue weighted by molar-refractivity contribution is 0.783. The van der Waals surface area contributed by atoms with Crippen LogP contribution < -0.4 is 5.32 Å². The lowest BCUT2D eigenvalue weighted by atomic mass is 10.1. The maximum absolute atomic E-state index is 3.23. The molecule has 1 heterocycles. The number of para-hydroxylation sites is 1. The Labute approximate surface area is 143 Å². The molecule has 3 rings (SSSR count). The van der Waals surface area contributed by atoms with E-state index < -0.39 is 0 Å². The number of rotatable bonds is 5. The van der Waals surface area contributed by atoms with Gasteiger partial charge in [-0.25, -0.2) is 0 Å². The van der Waals surface area contributed by atoms with Crippen molar-refractivity contribution < 1.29 is 0 Å². The van der Waals surface area contributed by atoms with Gasteiger partial charge in [0.25, 0.3) is 0 Å². The van der Waals surface area contributed by atoms with Gasteiger partial charge in [-0.15, -0.1) is 0 Å². The summed E-state index contributed by atoms with van der Waals surface area (Å²) in [6, 6.07) is 17.3. The van der Waals surface area contributed by atoms with Gasteiger partial charge >= 0.3 is 0 Å². The van der Waals surface area contributed by atoms with Crippen molar-refractivity contribution in [3.05, 3.63) is 60.3 Å². The normalized spacial score (nSPS) is 10.4. The van der Waals surface area contributed by atoms with Gasteiger partial charge in [-0.2, -0.15) is 0 Å². The van der Waals surface area contributed by atoms with Crippen LogP contribution in [0.5, 0.6) is 0 Å². The highest BCUT2D eigenvalue weighted by atomic mass is 32.2. The Morgan fingerprint density at radius 1 is 0.957 bits per heavy atom. The zero-order valence-electron chi connectivity index (χ0n) is 14.5. The molecule has 0 spiro atoms. The minimum atomic E-state index is 1.01. The van der Waals surface area contributed by atoms with Crippen molar-refractivity contribution >= 4 is 22.7 Å². The predicted octanol–water partition coefficient (Wildman–Crippen LogP) is 5.12. The maximum Gasteiger partial charge on any atom is 0.0489 e. The van der Waals surface area contributed by atoms with Gasteiger partial charge in [0.1, 0.15) is 0 Å². The van der Waals surface area contributed by atoms with Crippen LogP contribution in [0.3, 0.4) is 0 Å². The van der Waals surface area contributed by atoms with Crippen molar-refractivity contribution in [1.29, 1.82) is 0 Å². The highest BCUT2D eigenvalue weighted by molar-refractivity contribution is 7.99. The highest BCUT2D eigenvalue weighted by Gasteiger charge is 2.09. The molecule has 1 N–H and O–H groups in total. The van der Waals surface area contributed by atoms with E-state index in [1.54, 1.807) is 0 Å². The smallest absolute Gasteiger partial charge is 0.0489 e. The number of hydrogen-bond donors (Lipinski definition) is 1. The first-order valence-corrected chi connectivity index (χ1v) is 9.05. The summed E-state index contributed by atoms with van der Waals surface area (Å²) < 4.78 is 2.20. The number of nitrogens with zero attached hydrogens (tertiary/aromatic N) is 1. The van der Waals surface area contributed by atoms with Gasteiger partial charge in [0.05, 0.1) is 0 Å². The van der Waals surface area contributed by atoms with Crippen LogP contribution in [-0.2, 0) is 13.5 Å². The third kappa shape index (κ3) is 4.18. The third-order valence-corrected chi connectivity index (χ3v) is 4.86. The molecular formula is C20H26N2S. The fourth-order valence-electron chi connectivity index (χ4n) is 2.57. The maximum atomic E-state index is 3.23. The zero-order valence-corrected chi connectivity index (χ0v) is 15.3. The molecule has 1 aromatic heterocycles. The van der Waals surface area contributed by atoms with Crippen LogP contribution in [0.1, 0.15) is 19.4 Å². The van der Waals surface area contributed by atoms with Crippen molar-refractivity contribution in [2.24, 2.45) is 7.05 Å². The fourth-order valence-corrected chi connectivity index (χ4v) is 3.75. The van der Waals surface area contributed by atoms with Gasteiger partial charge in [0, 0.05) is 33.9 Å². The molecule has 0 saturated carbocycles. The summed E-state index contributed by atoms with van der Waals surface area (Å²) in [5, 5.41) is 4.55. The van der Waals surface area contributed by atoms with E-state index in [1.165, 1.54) is 26.3 Å². The average Bonchev–Trinajstić information content (AvgIpc) is 2.92. The van der Waals surface area contributed by atoms with E-state index in [0.29, 0.717) is 0 Å². The van der Waals surface area contributed by atoms with Gasteiger partial charge < -0.3 is 9.88 Å². The Balaban J connectivity index is 0.000000924. The highest BCUT2D eigenvalue weighted by Crippen LogP contribution is 2.36. The molecule has 0 aliphatic rings. The van der Waals surface area contributed by atoms with Crippen LogP contribution in [0.15, 0.2) is 64.5 Å². The summed E-state index contributed by atoms with van der Waals surface area (Å²) in [7, 11) is 4.11. The second-order valence-corrected chi connectivity index (χ2v) is 6.27. The Morgan fingerprint density at radius 2 is 1.65 bits per heavy atom. The van der Waals surface area contributed by atoms with E-state index in [9.17, 15) is 0 Å². The number of likely N-dealkylation sites (N-methyl/N-ethyl adjacent to an activating group) is 1. The van der Waals surface area contributed by atoms with Gasteiger partial charge in [-0.1, -0.05) is 62.0 Å². The standard InChI is InChI=1S/C18H20N2S.C2H6/c1-19-12-11-14-7-3-6-10-17(14)21-18-13-20(2)16-9-5-4-8-15(16)18;1-2/h3-10,13,19H,11-12H2,1-2H3;1-2H3. The van der Waals surface area contributed by atoms with Crippen molar-refractivity contribution in [3.8, 4) is 0 Å². The summed E-state index contributed by atoms with van der Waals surface area (Å²) in [4.78, 5) is 2.68. The van der Waals surface area contributed by atoms with Crippen molar-refractivity contribution in [2.75, 3.05) is 13.6 Å². The van der Waals surface area contributed by atoms with Gasteiger partial charge in [0.15, 0.2) is 0 Å². The SMILES string of the molecule is CC.CNCCc1ccccc1Sc1cn(C)c2ccccc12. The topological polar surface area (TPSA) is 17.0 Å². The van der Waals surface area contributed by atoms with Gasteiger partial charge in [-0.05, 0) is 37.7 Å². The van der Waals surface area contributed by atoms with Crippen LogP contribution in [0.2, 0.25) is 0 Å². The van der Waals surface area contributed by atoms with E-state index in [-0.39, 0.29) is 0 Å². The first kappa shape index (κ1) is 17.6. The minimum Gasteiger partial charge on any atom is -0.349 e. The second-order valence-electron chi connectivity index (χ2n) is 5.18. The van der Waals surface area contributed by atoms with Gasteiger partial charge in [0.2, 0.25) is 0 Å². The number of aryl methyl sites for hydroxylation is 1. The third-order valence-electron chi connectivity index (χ3n) is 3.70. The van der Waals surface area contributed by atoms with Crippen molar-refractivity contribution in [2.45, 2.75) is 30.1 Å². The monoisotopic (exact) mass is 326 g/mol. The molecule has 0 atom stereocenters. The Kier molecular flexibility index (Phi) is 6.75. The number of nitrogens with one attached hydrogen (secondary N) is 1. The molecule has 2 nitrogen and oxygen atoms in total. The van der Waals surface area contributed by atoms with Crippen LogP contribution in [0.25, 0.3) is 10.9 Å². The molecule has 0 saturated heterocycles. The largest absolute Gasteiger partial charge is 0.349 e. The molecule has 3 aromatic rings. The second kappa shape index (κ2) is 8.80. The van der Waals surface area contributed by atoms with E-state index >= 15 is 0 Å². The quantitative estimate of drug-likeness (QED) is 0.701. The molecule has 0 bridgehead atoms. The molecule has 0 radical (unpaired) electrons. The number of fused-ring (bicyclic) bond motifs is 1. The van der Waals surface area contributed by atoms with Crippen LogP contribution in [0, 0.1) is 0 Å². The molecule has 2 aromatic carbocycles. The van der Waals surface area contributed by atoms with Crippen molar-refractivity contribution in [3.63, 3.8) is 0 Å². The van der Waals surface area contributed by atoms with E-state index in [1.807, 2.05) is 32.7 Å². The summed E-state index contributed by atoms with van der Waals surface area (Å²) in [6.07, 6.45) is 3.29. The minimum absolute atomic E-state index is 1.01. The van der Waals surface area contributed by atoms with E-state index in [2.05, 4.69) is 71.7 Å². The van der Waals surface area contributed by atoms with E-state index in [4.69, 9.17) is 0 Å². The molecule has 23 heavy (non-hydrogen) atoms. The summed E-state index contributed by atoms with van der Waals surface area (Å²) in [6.45, 7) is 5.01. The van der Waals surface area contributed by atoms with Crippen LogP contribution >= 0.6 is 11.8 Å². The first-order chi connectivity index (χ1) is 11.3. The number of aromatic nitrogens is 1. The molecule has 0 fully saturated rings. The summed E-state index contributed by atoms with van der Waals surface area (Å²) in [5.74, 6) is 0. The molecule has 0 aliphatic heterocycles. The van der Waals surface area contributed by atoms with Crippen LogP contribution in [0.4, 0.5) is 0 Å². The molecular weight excluding hydrogens is 300 g/mol. The summed E-state index contributed by atoms with van der Waals surface area (Å²) in [5.41, 5.74) is 2.69. The number of benzene rings is 2. The lowest BCUT2D eigenvalue weighted by Crippen LogP contribution is -2.10. The van der Waals surface area contributed by atoms with Crippen LogP contribution in [-0.4, -0.2) is 18.2 Å². The molecule has 0 aliphatic carbocycles. The Bertz CT molecular complexity index is 746. The molecule has 3 heteroatoms. The average molecular weight is 327 g/mol. The molecule has 0 amide bonds. The predicted molar refractivity (Wildman–Crippen MR) is 102 cm³/mol. The van der Waals surface area contributed by atoms with Gasteiger partial charge in [-0.3, -0.25) is 0 Å². The Morgan fingerprint density at radius 3 is 2.43 bits per heavy atom. The first-order valence-electron chi connectivity index (χ1n) is 8.24.